The van der Waals surface area contributed by atoms with Crippen LogP contribution in [-0.2, 0) is 0 Å². The van der Waals surface area contributed by atoms with E-state index in [9.17, 15) is 6.85 Å². The molecule has 1 heterocycles. The van der Waals surface area contributed by atoms with Crippen LogP contribution in [0, 0.1) is 0 Å². The third-order valence-corrected chi connectivity index (χ3v) is 9.30. The molecule has 0 N–H and O–H groups in total. The van der Waals surface area contributed by atoms with Gasteiger partial charge in [0.2, 0.25) is 0 Å². The van der Waals surface area contributed by atoms with E-state index in [2.05, 4.69) is 6.07 Å². The maximum Gasteiger partial charge on any atom is 0.0652 e. The van der Waals surface area contributed by atoms with Crippen LogP contribution in [0.4, 0.5) is 17.1 Å². The van der Waals surface area contributed by atoms with Crippen molar-refractivity contribution in [2.24, 2.45) is 0 Å². The molecule has 0 aliphatic heterocycles. The Bertz CT molecular complexity index is 3670. The number of hydrogen-bond donors (Lipinski definition) is 0. The number of anilines is 3. The van der Waals surface area contributed by atoms with Gasteiger partial charge >= 0.3 is 0 Å². The number of nitrogens with zero attached hydrogens (tertiary/aromatic N) is 2. The van der Waals surface area contributed by atoms with Crippen molar-refractivity contribution >= 4 is 60.4 Å². The molecule has 0 amide bonds. The van der Waals surface area contributed by atoms with Crippen LogP contribution in [0.25, 0.3) is 71.3 Å². The second kappa shape index (κ2) is 12.5. The molecule has 2 heteroatoms. The zero-order chi connectivity index (χ0) is 46.6. The van der Waals surface area contributed by atoms with Crippen molar-refractivity contribution < 1.29 is 19.2 Å². The van der Waals surface area contributed by atoms with Gasteiger partial charge in [0.1, 0.15) is 0 Å². The average molecular weight is 677 g/mol. The molecule has 0 radical (unpaired) electrons. The average Bonchev–Trinajstić information content (AvgIpc) is 3.69. The summed E-state index contributed by atoms with van der Waals surface area (Å²) >= 11 is 0. The molecular weight excluding hydrogens is 629 g/mol. The quantitative estimate of drug-likeness (QED) is 0.170. The lowest BCUT2D eigenvalue weighted by molar-refractivity contribution is 1.19. The van der Waals surface area contributed by atoms with Crippen LogP contribution >= 0.6 is 0 Å². The van der Waals surface area contributed by atoms with E-state index in [0.29, 0.717) is 11.4 Å². The van der Waals surface area contributed by atoms with E-state index in [0.717, 1.165) is 37.6 Å². The number of hydrogen-bond acceptors (Lipinski definition) is 1. The van der Waals surface area contributed by atoms with Crippen LogP contribution in [0.2, 0.25) is 0 Å². The normalized spacial score (nSPS) is 15.2. The summed E-state index contributed by atoms with van der Waals surface area (Å²) < 4.78 is 128. The SMILES string of the molecule is [2H]c1c([2H])c([2H])c(-n2c3c([2H])c([2H])c([2H])c([2H])c3c3c([2H])c([2H])c4c([2H])c([2H])c(N(c5ccc(-c6ccccc6)cc5)c5cccc(-c6ccc7ccccc7c6)c5)c([2H])c4c32)c([2H])c1[2H]. The summed E-state index contributed by atoms with van der Waals surface area (Å²) in [5, 5.41) is 0.973. The minimum Gasteiger partial charge on any atom is -0.310 e. The summed E-state index contributed by atoms with van der Waals surface area (Å²) in [6.45, 7) is 0. The minimum atomic E-state index is -0.743. The van der Waals surface area contributed by atoms with E-state index >= 15 is 0 Å². The van der Waals surface area contributed by atoms with Gasteiger partial charge in [0.15, 0.2) is 0 Å². The smallest absolute Gasteiger partial charge is 0.0652 e. The summed E-state index contributed by atoms with van der Waals surface area (Å²) in [5.41, 5.74) is 3.22. The van der Waals surface area contributed by atoms with Crippen LogP contribution in [0.5, 0.6) is 0 Å². The summed E-state index contributed by atoms with van der Waals surface area (Å²) in [6.07, 6.45) is 0. The Morgan fingerprint density at radius 2 is 1.10 bits per heavy atom. The molecule has 9 aromatic carbocycles. The van der Waals surface area contributed by atoms with Crippen LogP contribution in [0.1, 0.15) is 19.2 Å². The van der Waals surface area contributed by atoms with Crippen LogP contribution < -0.4 is 4.90 Å². The van der Waals surface area contributed by atoms with Gasteiger partial charge < -0.3 is 9.47 Å². The predicted octanol–water partition coefficient (Wildman–Crippen LogP) is 13.9. The first-order chi connectivity index (χ1) is 31.6. The lowest BCUT2D eigenvalue weighted by Gasteiger charge is -2.27. The Labute approximate surface area is 322 Å². The molecule has 10 aromatic rings. The van der Waals surface area contributed by atoms with E-state index < -0.39 is 90.3 Å². The van der Waals surface area contributed by atoms with Gasteiger partial charge in [-0.05, 0) is 99.0 Å². The highest BCUT2D eigenvalue weighted by molar-refractivity contribution is 6.19. The van der Waals surface area contributed by atoms with Gasteiger partial charge in [0.25, 0.3) is 0 Å². The fourth-order valence-electron chi connectivity index (χ4n) is 6.87. The highest BCUT2D eigenvalue weighted by Gasteiger charge is 2.18. The molecule has 0 aliphatic rings. The fourth-order valence-corrected chi connectivity index (χ4v) is 6.87. The van der Waals surface area contributed by atoms with Crippen LogP contribution in [-0.4, -0.2) is 4.57 Å². The summed E-state index contributed by atoms with van der Waals surface area (Å²) in [7, 11) is 0. The van der Waals surface area contributed by atoms with Crippen molar-refractivity contribution in [3.63, 3.8) is 0 Å². The van der Waals surface area contributed by atoms with E-state index in [1.165, 1.54) is 0 Å². The molecule has 0 spiro atoms. The van der Waals surface area contributed by atoms with Gasteiger partial charge in [0.05, 0.1) is 30.2 Å². The molecule has 0 fully saturated rings. The van der Waals surface area contributed by atoms with Crippen LogP contribution in [0.15, 0.2) is 206 Å². The molecule has 1 aromatic heterocycles. The molecule has 52 heavy (non-hydrogen) atoms. The molecule has 10 rings (SSSR count). The lowest BCUT2D eigenvalue weighted by atomic mass is 10.00. The largest absolute Gasteiger partial charge is 0.310 e. The van der Waals surface area contributed by atoms with Gasteiger partial charge in [-0.25, -0.2) is 0 Å². The third-order valence-electron chi connectivity index (χ3n) is 9.30. The Kier molecular flexibility index (Phi) is 4.53. The predicted molar refractivity (Wildman–Crippen MR) is 221 cm³/mol. The first-order valence-electron chi connectivity index (χ1n) is 23.7. The zero-order valence-corrected chi connectivity index (χ0v) is 27.4. The molecule has 0 saturated carbocycles. The maximum atomic E-state index is 10.2. The highest BCUT2D eigenvalue weighted by Crippen LogP contribution is 2.42. The summed E-state index contributed by atoms with van der Waals surface area (Å²) in [5.74, 6) is 0. The van der Waals surface area contributed by atoms with E-state index in [1.54, 1.807) is 11.0 Å². The van der Waals surface area contributed by atoms with Crippen molar-refractivity contribution in [1.29, 1.82) is 0 Å². The standard InChI is InChI=1S/C50H34N2/c1-3-12-35(13-4-1)37-24-28-43(29-25-37)51(44-19-11-16-40(33-44)41-23-22-36-14-7-8-15-39(36)32-41)45-30-26-38-27-31-47-46-20-9-10-21-49(46)52(50(47)48(38)34-45)42-17-5-2-6-18-42/h1-34H/i2D,5D,6D,9D,10D,17D,18D,20D,21D,26D,27D,30D,31D,34D. The van der Waals surface area contributed by atoms with Gasteiger partial charge in [-0.2, -0.15) is 0 Å². The molecule has 0 unspecified atom stereocenters. The van der Waals surface area contributed by atoms with Gasteiger partial charge in [-0.15, -0.1) is 0 Å². The second-order valence-corrected chi connectivity index (χ2v) is 12.3. The van der Waals surface area contributed by atoms with E-state index in [-0.39, 0.29) is 38.3 Å². The van der Waals surface area contributed by atoms with Crippen molar-refractivity contribution in [2.75, 3.05) is 4.90 Å². The van der Waals surface area contributed by atoms with Crippen molar-refractivity contribution in [1.82, 2.24) is 4.57 Å². The summed E-state index contributed by atoms with van der Waals surface area (Å²) in [4.78, 5) is 1.65. The first-order valence-corrected chi connectivity index (χ1v) is 16.7. The minimum absolute atomic E-state index is 0.133. The van der Waals surface area contributed by atoms with E-state index in [4.69, 9.17) is 12.3 Å². The number of benzene rings is 9. The highest BCUT2D eigenvalue weighted by atomic mass is 15.1. The number of fused-ring (bicyclic) bond motifs is 6. The van der Waals surface area contributed by atoms with Crippen molar-refractivity contribution in [3.05, 3.63) is 206 Å². The second-order valence-electron chi connectivity index (χ2n) is 12.3. The molecule has 0 bridgehead atoms. The Hall–Kier alpha value is -6.90. The molecular formula is C50H34N2. The Balaban J connectivity index is 1.37. The van der Waals surface area contributed by atoms with E-state index in [1.807, 2.05) is 109 Å². The monoisotopic (exact) mass is 676 g/mol. The van der Waals surface area contributed by atoms with Crippen molar-refractivity contribution in [2.45, 2.75) is 0 Å². The number of rotatable bonds is 6. The molecule has 244 valence electrons. The first kappa shape index (κ1) is 18.9. The number of para-hydroxylation sites is 2. The Morgan fingerprint density at radius 3 is 1.96 bits per heavy atom. The lowest BCUT2D eigenvalue weighted by Crippen LogP contribution is -2.10. The Morgan fingerprint density at radius 1 is 0.404 bits per heavy atom. The zero-order valence-electron chi connectivity index (χ0n) is 41.4. The molecule has 2 nitrogen and oxygen atoms in total. The summed E-state index contributed by atoms with van der Waals surface area (Å²) in [6, 6.07) is 29.7. The number of aromatic nitrogens is 1. The maximum absolute atomic E-state index is 10.2. The fraction of sp³-hybridized carbons (Fsp3) is 0. The van der Waals surface area contributed by atoms with Gasteiger partial charge in [0, 0.05) is 38.9 Å². The molecule has 0 atom stereocenters. The van der Waals surface area contributed by atoms with Gasteiger partial charge in [-0.3, -0.25) is 0 Å². The van der Waals surface area contributed by atoms with Crippen molar-refractivity contribution in [3.8, 4) is 27.9 Å². The third kappa shape index (κ3) is 5.12. The molecule has 0 aliphatic carbocycles. The topological polar surface area (TPSA) is 8.17 Å². The van der Waals surface area contributed by atoms with Gasteiger partial charge in [-0.1, -0.05) is 145 Å². The molecule has 0 saturated heterocycles. The van der Waals surface area contributed by atoms with Crippen LogP contribution in [0.3, 0.4) is 0 Å².